The fourth-order valence-corrected chi connectivity index (χ4v) is 2.79. The molecule has 0 bridgehead atoms. The van der Waals surface area contributed by atoms with Gasteiger partial charge in [0.05, 0.1) is 0 Å². The maximum atomic E-state index is 13.2. The minimum Gasteiger partial charge on any atom is -0.398 e. The molecule has 102 valence electrons. The maximum absolute atomic E-state index is 13.2. The van der Waals surface area contributed by atoms with Gasteiger partial charge in [-0.2, -0.15) is 0 Å². The van der Waals surface area contributed by atoms with Crippen molar-refractivity contribution in [2.75, 3.05) is 5.73 Å². The van der Waals surface area contributed by atoms with Gasteiger partial charge in [-0.25, -0.2) is 4.39 Å². The summed E-state index contributed by atoms with van der Waals surface area (Å²) < 4.78 is 13.2. The molecule has 0 saturated carbocycles. The van der Waals surface area contributed by atoms with Crippen LogP contribution in [0.5, 0.6) is 0 Å². The monoisotopic (exact) mass is 269 g/mol. The summed E-state index contributed by atoms with van der Waals surface area (Å²) in [6, 6.07) is 10.1. The summed E-state index contributed by atoms with van der Waals surface area (Å²) in [7, 11) is 0. The van der Waals surface area contributed by atoms with Gasteiger partial charge in [-0.1, -0.05) is 18.2 Å². The van der Waals surface area contributed by atoms with Crippen LogP contribution in [0, 0.1) is 5.82 Å². The number of fused-ring (bicyclic) bond motifs is 1. The standard InChI is InChI=1S/C17H16FNO/c18-14-6-7-16(19)15(10-14)17(20)9-11-4-5-12-2-1-3-13(12)8-11/h4-8,10H,1-3,9,19H2. The number of carbonyl (C=O) groups is 1. The summed E-state index contributed by atoms with van der Waals surface area (Å²) in [4.78, 5) is 12.2. The van der Waals surface area contributed by atoms with Crippen LogP contribution in [0.25, 0.3) is 0 Å². The SMILES string of the molecule is Nc1ccc(F)cc1C(=O)Cc1ccc2c(c1)CCC2. The largest absolute Gasteiger partial charge is 0.398 e. The van der Waals surface area contributed by atoms with Crippen LogP contribution in [-0.2, 0) is 19.3 Å². The number of hydrogen-bond acceptors (Lipinski definition) is 2. The van der Waals surface area contributed by atoms with Crippen LogP contribution >= 0.6 is 0 Å². The fourth-order valence-electron chi connectivity index (χ4n) is 2.79. The summed E-state index contributed by atoms with van der Waals surface area (Å²) >= 11 is 0. The van der Waals surface area contributed by atoms with E-state index in [-0.39, 0.29) is 17.8 Å². The smallest absolute Gasteiger partial charge is 0.169 e. The molecule has 0 spiro atoms. The third kappa shape index (κ3) is 2.44. The Morgan fingerprint density at radius 1 is 1.10 bits per heavy atom. The summed E-state index contributed by atoms with van der Waals surface area (Å²) in [5.74, 6) is -0.573. The van der Waals surface area contributed by atoms with Crippen molar-refractivity contribution in [3.05, 3.63) is 64.5 Å². The average molecular weight is 269 g/mol. The van der Waals surface area contributed by atoms with Crippen molar-refractivity contribution in [3.8, 4) is 0 Å². The Bertz CT molecular complexity index is 679. The van der Waals surface area contributed by atoms with Crippen molar-refractivity contribution in [2.45, 2.75) is 25.7 Å². The van der Waals surface area contributed by atoms with Gasteiger partial charge in [0.2, 0.25) is 0 Å². The number of Topliss-reactive ketones (excluding diaryl/α,β-unsaturated/α-hetero) is 1. The molecule has 0 heterocycles. The number of benzene rings is 2. The number of anilines is 1. The fraction of sp³-hybridized carbons (Fsp3) is 0.235. The number of rotatable bonds is 3. The van der Waals surface area contributed by atoms with Crippen molar-refractivity contribution < 1.29 is 9.18 Å². The van der Waals surface area contributed by atoms with Gasteiger partial charge in [-0.15, -0.1) is 0 Å². The van der Waals surface area contributed by atoms with Gasteiger partial charge in [-0.05, 0) is 54.2 Å². The molecule has 0 radical (unpaired) electrons. The molecule has 0 unspecified atom stereocenters. The van der Waals surface area contributed by atoms with Gasteiger partial charge in [-0.3, -0.25) is 4.79 Å². The number of nitrogen functional groups attached to an aromatic ring is 1. The van der Waals surface area contributed by atoms with E-state index in [4.69, 9.17) is 5.73 Å². The average Bonchev–Trinajstić information content (AvgIpc) is 2.89. The van der Waals surface area contributed by atoms with E-state index in [1.807, 2.05) is 6.07 Å². The lowest BCUT2D eigenvalue weighted by Gasteiger charge is -2.07. The Kier molecular flexibility index (Phi) is 3.26. The highest BCUT2D eigenvalue weighted by molar-refractivity contribution is 6.01. The first-order chi connectivity index (χ1) is 9.63. The first kappa shape index (κ1) is 12.9. The Labute approximate surface area is 117 Å². The number of ketones is 1. The van der Waals surface area contributed by atoms with Crippen LogP contribution in [0.2, 0.25) is 0 Å². The van der Waals surface area contributed by atoms with Crippen LogP contribution < -0.4 is 5.73 Å². The van der Waals surface area contributed by atoms with Crippen molar-refractivity contribution in [3.63, 3.8) is 0 Å². The van der Waals surface area contributed by atoms with Gasteiger partial charge in [0, 0.05) is 17.7 Å². The molecular formula is C17H16FNO. The number of hydrogen-bond donors (Lipinski definition) is 1. The molecule has 20 heavy (non-hydrogen) atoms. The molecule has 0 atom stereocenters. The minimum absolute atomic E-state index is 0.139. The summed E-state index contributed by atoms with van der Waals surface area (Å²) in [5.41, 5.74) is 10.0. The van der Waals surface area contributed by atoms with Crippen molar-refractivity contribution in [2.24, 2.45) is 0 Å². The molecule has 0 amide bonds. The Hall–Kier alpha value is -2.16. The Morgan fingerprint density at radius 2 is 1.90 bits per heavy atom. The van der Waals surface area contributed by atoms with E-state index in [1.165, 1.54) is 35.7 Å². The van der Waals surface area contributed by atoms with Gasteiger partial charge < -0.3 is 5.73 Å². The lowest BCUT2D eigenvalue weighted by atomic mass is 9.99. The van der Waals surface area contributed by atoms with Crippen LogP contribution in [0.15, 0.2) is 36.4 Å². The number of aryl methyl sites for hydroxylation is 2. The zero-order valence-corrected chi connectivity index (χ0v) is 11.2. The summed E-state index contributed by atoms with van der Waals surface area (Å²) in [5, 5.41) is 0. The van der Waals surface area contributed by atoms with Gasteiger partial charge in [0.25, 0.3) is 0 Å². The zero-order chi connectivity index (χ0) is 14.1. The van der Waals surface area contributed by atoms with Crippen molar-refractivity contribution in [1.82, 2.24) is 0 Å². The van der Waals surface area contributed by atoms with Gasteiger partial charge >= 0.3 is 0 Å². The Balaban J connectivity index is 1.84. The van der Waals surface area contributed by atoms with Crippen LogP contribution in [-0.4, -0.2) is 5.78 Å². The van der Waals surface area contributed by atoms with E-state index in [0.29, 0.717) is 5.69 Å². The lowest BCUT2D eigenvalue weighted by Crippen LogP contribution is -2.08. The predicted octanol–water partition coefficient (Wildman–Crippen LogP) is 3.32. The van der Waals surface area contributed by atoms with E-state index < -0.39 is 5.82 Å². The Morgan fingerprint density at radius 3 is 2.75 bits per heavy atom. The minimum atomic E-state index is -0.434. The molecule has 0 aromatic heterocycles. The molecule has 1 aliphatic rings. The highest BCUT2D eigenvalue weighted by Gasteiger charge is 2.15. The zero-order valence-electron chi connectivity index (χ0n) is 11.2. The van der Waals surface area contributed by atoms with Crippen molar-refractivity contribution >= 4 is 11.5 Å². The van der Waals surface area contributed by atoms with Crippen LogP contribution in [0.3, 0.4) is 0 Å². The molecule has 3 rings (SSSR count). The molecular weight excluding hydrogens is 253 g/mol. The third-order valence-electron chi connectivity index (χ3n) is 3.84. The normalized spacial score (nSPS) is 13.2. The first-order valence-corrected chi connectivity index (χ1v) is 6.82. The molecule has 2 nitrogen and oxygen atoms in total. The first-order valence-electron chi connectivity index (χ1n) is 6.82. The predicted molar refractivity (Wildman–Crippen MR) is 77.3 cm³/mol. The van der Waals surface area contributed by atoms with E-state index in [0.717, 1.165) is 18.4 Å². The molecule has 0 fully saturated rings. The number of carbonyl (C=O) groups excluding carboxylic acids is 1. The van der Waals surface area contributed by atoms with E-state index in [1.54, 1.807) is 0 Å². The molecule has 2 aromatic carbocycles. The molecule has 1 aliphatic carbocycles. The number of halogens is 1. The second-order valence-corrected chi connectivity index (χ2v) is 5.29. The second-order valence-electron chi connectivity index (χ2n) is 5.29. The number of nitrogens with two attached hydrogens (primary N) is 1. The quantitative estimate of drug-likeness (QED) is 0.686. The van der Waals surface area contributed by atoms with Crippen LogP contribution in [0.4, 0.5) is 10.1 Å². The van der Waals surface area contributed by atoms with E-state index in [2.05, 4.69) is 12.1 Å². The maximum Gasteiger partial charge on any atom is 0.169 e. The molecule has 0 aliphatic heterocycles. The molecule has 2 aromatic rings. The third-order valence-corrected chi connectivity index (χ3v) is 3.84. The summed E-state index contributed by atoms with van der Waals surface area (Å²) in [6.07, 6.45) is 3.66. The second kappa shape index (κ2) is 5.08. The van der Waals surface area contributed by atoms with Crippen molar-refractivity contribution in [1.29, 1.82) is 0 Å². The highest BCUT2D eigenvalue weighted by Crippen LogP contribution is 2.24. The highest BCUT2D eigenvalue weighted by atomic mass is 19.1. The molecule has 3 heteroatoms. The van der Waals surface area contributed by atoms with E-state index in [9.17, 15) is 9.18 Å². The lowest BCUT2D eigenvalue weighted by molar-refractivity contribution is 0.0993. The summed E-state index contributed by atoms with van der Waals surface area (Å²) in [6.45, 7) is 0. The van der Waals surface area contributed by atoms with Gasteiger partial charge in [0.15, 0.2) is 5.78 Å². The molecule has 2 N–H and O–H groups in total. The van der Waals surface area contributed by atoms with Gasteiger partial charge in [0.1, 0.15) is 5.82 Å². The van der Waals surface area contributed by atoms with Crippen LogP contribution in [0.1, 0.15) is 33.5 Å². The molecule has 0 saturated heterocycles. The topological polar surface area (TPSA) is 43.1 Å². The van der Waals surface area contributed by atoms with E-state index >= 15 is 0 Å².